The summed E-state index contributed by atoms with van der Waals surface area (Å²) in [7, 11) is 0. The summed E-state index contributed by atoms with van der Waals surface area (Å²) in [6.07, 6.45) is 0. The molecule has 3 aromatic carbocycles. The number of anilines is 1. The maximum atomic E-state index is 12.6. The monoisotopic (exact) mass is 492 g/mol. The Bertz CT molecular complexity index is 1210. The number of aromatic nitrogens is 3. The number of rotatable bonds is 6. The Morgan fingerprint density at radius 2 is 1.74 bits per heavy atom. The van der Waals surface area contributed by atoms with Gasteiger partial charge in [0.05, 0.1) is 5.75 Å². The number of nitrogens with one attached hydrogen (secondary N) is 1. The summed E-state index contributed by atoms with van der Waals surface area (Å²) in [6, 6.07) is 23.9. The second-order valence-electron chi connectivity index (χ2n) is 7.14. The Kier molecular flexibility index (Phi) is 6.53. The number of thioether (sulfide) groups is 1. The number of amides is 1. The van der Waals surface area contributed by atoms with Crippen molar-refractivity contribution in [2.45, 2.75) is 19.0 Å². The van der Waals surface area contributed by atoms with Crippen molar-refractivity contribution in [3.63, 3.8) is 0 Å². The van der Waals surface area contributed by atoms with Crippen molar-refractivity contribution in [3.8, 4) is 17.1 Å². The van der Waals surface area contributed by atoms with E-state index in [-0.39, 0.29) is 11.7 Å². The first kappa shape index (κ1) is 21.3. The fourth-order valence-corrected chi connectivity index (χ4v) is 4.38. The van der Waals surface area contributed by atoms with Gasteiger partial charge in [0.1, 0.15) is 0 Å². The van der Waals surface area contributed by atoms with E-state index < -0.39 is 0 Å². The number of nitrogens with zero attached hydrogens (tertiary/aromatic N) is 3. The van der Waals surface area contributed by atoms with Gasteiger partial charge in [-0.05, 0) is 49.7 Å². The quantitative estimate of drug-likeness (QED) is 0.333. The highest BCUT2D eigenvalue weighted by Crippen LogP contribution is 2.28. The van der Waals surface area contributed by atoms with Gasteiger partial charge in [-0.2, -0.15) is 0 Å². The van der Waals surface area contributed by atoms with E-state index in [1.807, 2.05) is 72.2 Å². The second kappa shape index (κ2) is 9.49. The van der Waals surface area contributed by atoms with E-state index in [0.29, 0.717) is 5.16 Å². The molecule has 5 nitrogen and oxygen atoms in total. The van der Waals surface area contributed by atoms with Gasteiger partial charge in [0.15, 0.2) is 11.0 Å². The lowest BCUT2D eigenvalue weighted by Crippen LogP contribution is -2.15. The van der Waals surface area contributed by atoms with Crippen LogP contribution in [0.25, 0.3) is 17.1 Å². The molecule has 0 radical (unpaired) electrons. The normalized spacial score (nSPS) is 10.8. The third-order valence-electron chi connectivity index (χ3n) is 4.75. The number of carbonyl (C=O) groups excluding carboxylic acids is 1. The van der Waals surface area contributed by atoms with E-state index in [1.54, 1.807) is 0 Å². The molecule has 0 fully saturated rings. The van der Waals surface area contributed by atoms with Crippen LogP contribution in [0.5, 0.6) is 0 Å². The summed E-state index contributed by atoms with van der Waals surface area (Å²) in [5.74, 6) is 0.889. The molecular weight excluding hydrogens is 472 g/mol. The number of carbonyl (C=O) groups is 1. The van der Waals surface area contributed by atoms with Gasteiger partial charge in [0.25, 0.3) is 0 Å². The predicted molar refractivity (Wildman–Crippen MR) is 130 cm³/mol. The van der Waals surface area contributed by atoms with Crippen LogP contribution >= 0.6 is 27.7 Å². The Morgan fingerprint density at radius 1 is 1.00 bits per heavy atom. The van der Waals surface area contributed by atoms with Crippen LogP contribution in [0.2, 0.25) is 0 Å². The van der Waals surface area contributed by atoms with Crippen LogP contribution in [0.4, 0.5) is 5.69 Å². The molecule has 0 unspecified atom stereocenters. The Morgan fingerprint density at radius 3 is 2.45 bits per heavy atom. The first-order valence-electron chi connectivity index (χ1n) is 9.78. The molecule has 31 heavy (non-hydrogen) atoms. The van der Waals surface area contributed by atoms with Crippen LogP contribution in [0.15, 0.2) is 82.4 Å². The summed E-state index contributed by atoms with van der Waals surface area (Å²) >= 11 is 4.81. The van der Waals surface area contributed by atoms with Crippen molar-refractivity contribution in [1.82, 2.24) is 14.8 Å². The first-order chi connectivity index (χ1) is 15.0. The fraction of sp³-hybridized carbons (Fsp3) is 0.125. The van der Waals surface area contributed by atoms with Gasteiger partial charge in [-0.25, -0.2) is 0 Å². The van der Waals surface area contributed by atoms with Crippen LogP contribution in [0, 0.1) is 13.8 Å². The van der Waals surface area contributed by atoms with Crippen molar-refractivity contribution in [1.29, 1.82) is 0 Å². The van der Waals surface area contributed by atoms with Gasteiger partial charge in [-0.3, -0.25) is 9.36 Å². The van der Waals surface area contributed by atoms with E-state index in [0.717, 1.165) is 32.8 Å². The maximum Gasteiger partial charge on any atom is 0.234 e. The fourth-order valence-electron chi connectivity index (χ4n) is 3.15. The zero-order valence-corrected chi connectivity index (χ0v) is 19.6. The summed E-state index contributed by atoms with van der Waals surface area (Å²) in [4.78, 5) is 12.6. The SMILES string of the molecule is Cc1ccc(-n2c(SCC(=O)Nc3ccc(Br)cc3C)nnc2-c2ccccc2)cc1. The predicted octanol–water partition coefficient (Wildman–Crippen LogP) is 6.04. The third kappa shape index (κ3) is 5.06. The zero-order valence-electron chi connectivity index (χ0n) is 17.2. The van der Waals surface area contributed by atoms with E-state index in [4.69, 9.17) is 0 Å². The summed E-state index contributed by atoms with van der Waals surface area (Å²) in [5, 5.41) is 12.5. The molecule has 4 rings (SSSR count). The van der Waals surface area contributed by atoms with Crippen LogP contribution < -0.4 is 5.32 Å². The van der Waals surface area contributed by atoms with Gasteiger partial charge in [-0.15, -0.1) is 10.2 Å². The molecule has 0 bridgehead atoms. The minimum Gasteiger partial charge on any atom is -0.325 e. The molecule has 0 spiro atoms. The molecule has 4 aromatic rings. The minimum atomic E-state index is -0.0878. The standard InChI is InChI=1S/C24H21BrN4OS/c1-16-8-11-20(12-9-16)29-23(18-6-4-3-5-7-18)27-28-24(29)31-15-22(30)26-21-13-10-19(25)14-17(21)2/h3-14H,15H2,1-2H3,(H,26,30). The van der Waals surface area contributed by atoms with Crippen molar-refractivity contribution in [2.24, 2.45) is 0 Å². The third-order valence-corrected chi connectivity index (χ3v) is 6.17. The van der Waals surface area contributed by atoms with Gasteiger partial charge in [0.2, 0.25) is 5.91 Å². The van der Waals surface area contributed by atoms with E-state index in [9.17, 15) is 4.79 Å². The van der Waals surface area contributed by atoms with E-state index in [2.05, 4.69) is 50.5 Å². The topological polar surface area (TPSA) is 59.8 Å². The summed E-state index contributed by atoms with van der Waals surface area (Å²) in [6.45, 7) is 4.02. The Balaban J connectivity index is 1.58. The van der Waals surface area contributed by atoms with Crippen molar-refractivity contribution in [2.75, 3.05) is 11.1 Å². The molecule has 1 heterocycles. The lowest BCUT2D eigenvalue weighted by atomic mass is 10.2. The first-order valence-corrected chi connectivity index (χ1v) is 11.6. The number of benzene rings is 3. The molecule has 1 amide bonds. The molecule has 156 valence electrons. The van der Waals surface area contributed by atoms with Crippen molar-refractivity contribution < 1.29 is 4.79 Å². The second-order valence-corrected chi connectivity index (χ2v) is 9.00. The van der Waals surface area contributed by atoms with Crippen molar-refractivity contribution >= 4 is 39.3 Å². The molecule has 1 N–H and O–H groups in total. The number of aryl methyl sites for hydroxylation is 2. The average molecular weight is 493 g/mol. The highest BCUT2D eigenvalue weighted by Gasteiger charge is 2.17. The lowest BCUT2D eigenvalue weighted by Gasteiger charge is -2.11. The molecule has 0 saturated heterocycles. The molecule has 0 atom stereocenters. The number of hydrogen-bond acceptors (Lipinski definition) is 4. The maximum absolute atomic E-state index is 12.6. The number of hydrogen-bond donors (Lipinski definition) is 1. The van der Waals surface area contributed by atoms with Gasteiger partial charge in [0, 0.05) is 21.4 Å². The van der Waals surface area contributed by atoms with E-state index in [1.165, 1.54) is 17.3 Å². The molecule has 7 heteroatoms. The van der Waals surface area contributed by atoms with Crippen LogP contribution in [0.3, 0.4) is 0 Å². The molecular formula is C24H21BrN4OS. The number of halogens is 1. The summed E-state index contributed by atoms with van der Waals surface area (Å²) < 4.78 is 2.98. The zero-order chi connectivity index (χ0) is 21.8. The Labute approximate surface area is 194 Å². The molecule has 0 aliphatic heterocycles. The highest BCUT2D eigenvalue weighted by molar-refractivity contribution is 9.10. The molecule has 0 aliphatic carbocycles. The largest absolute Gasteiger partial charge is 0.325 e. The van der Waals surface area contributed by atoms with Crippen LogP contribution in [0.1, 0.15) is 11.1 Å². The Hall–Kier alpha value is -2.90. The lowest BCUT2D eigenvalue weighted by molar-refractivity contribution is -0.113. The molecule has 1 aromatic heterocycles. The molecule has 0 aliphatic rings. The van der Waals surface area contributed by atoms with E-state index >= 15 is 0 Å². The summed E-state index contributed by atoms with van der Waals surface area (Å²) in [5.41, 5.74) is 4.91. The molecule has 0 saturated carbocycles. The minimum absolute atomic E-state index is 0.0878. The smallest absolute Gasteiger partial charge is 0.234 e. The van der Waals surface area contributed by atoms with Gasteiger partial charge in [-0.1, -0.05) is 75.7 Å². The van der Waals surface area contributed by atoms with Gasteiger partial charge >= 0.3 is 0 Å². The van der Waals surface area contributed by atoms with Crippen LogP contribution in [-0.4, -0.2) is 26.4 Å². The van der Waals surface area contributed by atoms with Crippen LogP contribution in [-0.2, 0) is 4.79 Å². The van der Waals surface area contributed by atoms with Crippen molar-refractivity contribution in [3.05, 3.63) is 88.4 Å². The highest BCUT2D eigenvalue weighted by atomic mass is 79.9. The average Bonchev–Trinajstić information content (AvgIpc) is 3.19. The van der Waals surface area contributed by atoms with Gasteiger partial charge < -0.3 is 5.32 Å².